The highest BCUT2D eigenvalue weighted by Gasteiger charge is 2.29. The van der Waals surface area contributed by atoms with E-state index in [2.05, 4.69) is 4.74 Å². The number of nitrogens with zero attached hydrogens (tertiary/aromatic N) is 1. The topological polar surface area (TPSA) is 82.1 Å². The van der Waals surface area contributed by atoms with E-state index in [1.807, 2.05) is 0 Å². The van der Waals surface area contributed by atoms with Crippen LogP contribution in [0.5, 0.6) is 0 Å². The lowest BCUT2D eigenvalue weighted by Crippen LogP contribution is -2.27. The minimum Gasteiger partial charge on any atom is -0.465 e. The number of halogens is 2. The first-order valence-electron chi connectivity index (χ1n) is 7.48. The van der Waals surface area contributed by atoms with Crippen molar-refractivity contribution in [2.24, 2.45) is 0 Å². The van der Waals surface area contributed by atoms with E-state index < -0.39 is 29.3 Å². The molecule has 1 aromatic rings. The van der Waals surface area contributed by atoms with Crippen LogP contribution in [0.2, 0.25) is 5.02 Å². The molecular weight excluding hydrogens is 381 g/mol. The Kier molecular flexibility index (Phi) is 6.36. The zero-order chi connectivity index (χ0) is 20.1. The Hall–Kier alpha value is -3.13. The first kappa shape index (κ1) is 20.2. The molecule has 0 fully saturated rings. The number of allylic oxidation sites excluding steroid dienone is 2. The number of benzene rings is 1. The molecule has 0 saturated heterocycles. The van der Waals surface area contributed by atoms with Crippen LogP contribution in [0.1, 0.15) is 10.4 Å². The van der Waals surface area contributed by atoms with E-state index in [-0.39, 0.29) is 22.0 Å². The van der Waals surface area contributed by atoms with E-state index in [0.717, 1.165) is 27.4 Å². The van der Waals surface area contributed by atoms with Gasteiger partial charge >= 0.3 is 17.9 Å². The van der Waals surface area contributed by atoms with Gasteiger partial charge in [0.1, 0.15) is 17.1 Å². The summed E-state index contributed by atoms with van der Waals surface area (Å²) < 4.78 is 28.4. The fourth-order valence-electron chi connectivity index (χ4n) is 2.36. The number of ether oxygens (including phenoxy) is 3. The van der Waals surface area contributed by atoms with Crippen LogP contribution in [0, 0.1) is 5.82 Å². The lowest BCUT2D eigenvalue weighted by Gasteiger charge is -2.23. The zero-order valence-corrected chi connectivity index (χ0v) is 15.4. The molecule has 0 unspecified atom stereocenters. The lowest BCUT2D eigenvalue weighted by molar-refractivity contribution is -0.139. The number of methoxy groups -OCH3 is 3. The van der Waals surface area contributed by atoms with E-state index in [0.29, 0.717) is 0 Å². The summed E-state index contributed by atoms with van der Waals surface area (Å²) in [7, 11) is 3.38. The summed E-state index contributed by atoms with van der Waals surface area (Å²) in [6.45, 7) is 0. The Morgan fingerprint density at radius 1 is 0.963 bits per heavy atom. The highest BCUT2D eigenvalue weighted by atomic mass is 35.5. The molecule has 1 aliphatic heterocycles. The molecule has 2 rings (SSSR count). The van der Waals surface area contributed by atoms with E-state index in [4.69, 9.17) is 21.1 Å². The molecule has 0 atom stereocenters. The van der Waals surface area contributed by atoms with Gasteiger partial charge in [-0.1, -0.05) is 17.7 Å². The Bertz CT molecular complexity index is 867. The molecular formula is C18H15ClFNO6. The molecule has 142 valence electrons. The van der Waals surface area contributed by atoms with Crippen molar-refractivity contribution in [2.45, 2.75) is 0 Å². The summed E-state index contributed by atoms with van der Waals surface area (Å²) in [5, 5.41) is -0.230. The molecule has 0 N–H and O–H groups in total. The number of hydrogen-bond donors (Lipinski definition) is 0. The molecule has 0 spiro atoms. The maximum Gasteiger partial charge on any atom is 0.355 e. The number of carbonyl (C=O) groups is 3. The molecule has 0 aliphatic carbocycles. The summed E-state index contributed by atoms with van der Waals surface area (Å²) >= 11 is 6.02. The van der Waals surface area contributed by atoms with E-state index in [1.165, 1.54) is 35.4 Å². The smallest absolute Gasteiger partial charge is 0.355 e. The Morgan fingerprint density at radius 2 is 1.59 bits per heavy atom. The van der Waals surface area contributed by atoms with Gasteiger partial charge in [0.15, 0.2) is 0 Å². The minimum absolute atomic E-state index is 0.0758. The lowest BCUT2D eigenvalue weighted by atomic mass is 10.1. The van der Waals surface area contributed by atoms with Crippen molar-refractivity contribution in [3.8, 4) is 0 Å². The Morgan fingerprint density at radius 3 is 2.15 bits per heavy atom. The Labute approximate surface area is 159 Å². The van der Waals surface area contributed by atoms with Gasteiger partial charge in [0.05, 0.1) is 37.6 Å². The SMILES string of the molecule is COC(=O)C1=C(C(=O)OC)N(c2cc(F)c(C(=O)OC)c(Cl)c2)C=CC=C1. The van der Waals surface area contributed by atoms with Gasteiger partial charge < -0.3 is 19.1 Å². The first-order valence-corrected chi connectivity index (χ1v) is 7.85. The van der Waals surface area contributed by atoms with Crippen molar-refractivity contribution < 1.29 is 33.0 Å². The average molecular weight is 396 g/mol. The van der Waals surface area contributed by atoms with Crippen LogP contribution in [0.4, 0.5) is 10.1 Å². The molecule has 1 heterocycles. The molecule has 27 heavy (non-hydrogen) atoms. The van der Waals surface area contributed by atoms with E-state index >= 15 is 0 Å². The number of esters is 3. The maximum atomic E-state index is 14.5. The summed E-state index contributed by atoms with van der Waals surface area (Å²) in [5.41, 5.74) is -0.693. The molecule has 0 bridgehead atoms. The molecule has 0 amide bonds. The quantitative estimate of drug-likeness (QED) is 0.572. The van der Waals surface area contributed by atoms with Gasteiger partial charge in [-0.2, -0.15) is 0 Å². The second-order valence-electron chi connectivity index (χ2n) is 5.09. The maximum absolute atomic E-state index is 14.5. The van der Waals surface area contributed by atoms with Crippen molar-refractivity contribution in [1.82, 2.24) is 0 Å². The fraction of sp³-hybridized carbons (Fsp3) is 0.167. The molecule has 7 nitrogen and oxygen atoms in total. The van der Waals surface area contributed by atoms with Gasteiger partial charge in [0, 0.05) is 6.20 Å². The van der Waals surface area contributed by atoms with Gasteiger partial charge in [-0.05, 0) is 24.3 Å². The van der Waals surface area contributed by atoms with Crippen molar-refractivity contribution in [3.05, 3.63) is 64.2 Å². The summed E-state index contributed by atoms with van der Waals surface area (Å²) in [4.78, 5) is 37.3. The molecule has 9 heteroatoms. The van der Waals surface area contributed by atoms with Crippen LogP contribution in [0.25, 0.3) is 0 Å². The van der Waals surface area contributed by atoms with Gasteiger partial charge in [-0.25, -0.2) is 18.8 Å². The molecule has 1 aliphatic rings. The number of anilines is 1. The van der Waals surface area contributed by atoms with Crippen LogP contribution >= 0.6 is 11.6 Å². The number of hydrogen-bond acceptors (Lipinski definition) is 7. The van der Waals surface area contributed by atoms with Crippen LogP contribution in [-0.2, 0) is 23.8 Å². The fourth-order valence-corrected chi connectivity index (χ4v) is 2.64. The zero-order valence-electron chi connectivity index (χ0n) is 14.6. The second-order valence-corrected chi connectivity index (χ2v) is 5.50. The average Bonchev–Trinajstić information content (AvgIpc) is 2.88. The third-order valence-electron chi connectivity index (χ3n) is 3.58. The third-order valence-corrected chi connectivity index (χ3v) is 3.88. The third kappa shape index (κ3) is 4.01. The normalized spacial score (nSPS) is 13.3. The highest BCUT2D eigenvalue weighted by molar-refractivity contribution is 6.34. The monoisotopic (exact) mass is 395 g/mol. The summed E-state index contributed by atoms with van der Waals surface area (Å²) in [6, 6.07) is 2.23. The van der Waals surface area contributed by atoms with Crippen LogP contribution in [0.3, 0.4) is 0 Å². The molecule has 0 radical (unpaired) electrons. The van der Waals surface area contributed by atoms with Crippen LogP contribution in [-0.4, -0.2) is 39.2 Å². The second kappa shape index (κ2) is 8.50. The van der Waals surface area contributed by atoms with Gasteiger partial charge in [0.2, 0.25) is 0 Å². The number of rotatable bonds is 4. The highest BCUT2D eigenvalue weighted by Crippen LogP contribution is 2.32. The van der Waals surface area contributed by atoms with Crippen molar-refractivity contribution in [2.75, 3.05) is 26.2 Å². The predicted octanol–water partition coefficient (Wildman–Crippen LogP) is 2.76. The van der Waals surface area contributed by atoms with Crippen LogP contribution in [0.15, 0.2) is 47.8 Å². The van der Waals surface area contributed by atoms with E-state index in [9.17, 15) is 18.8 Å². The predicted molar refractivity (Wildman–Crippen MR) is 94.6 cm³/mol. The van der Waals surface area contributed by atoms with Gasteiger partial charge in [0.25, 0.3) is 0 Å². The number of carbonyl (C=O) groups excluding carboxylic acids is 3. The molecule has 0 saturated carbocycles. The van der Waals surface area contributed by atoms with E-state index in [1.54, 1.807) is 0 Å². The van der Waals surface area contributed by atoms with Crippen molar-refractivity contribution in [3.63, 3.8) is 0 Å². The molecule has 1 aromatic carbocycles. The van der Waals surface area contributed by atoms with Crippen molar-refractivity contribution in [1.29, 1.82) is 0 Å². The summed E-state index contributed by atoms with van der Waals surface area (Å²) in [6.07, 6.45) is 5.77. The standard InChI is InChI=1S/C18H15ClFNO6/c1-25-16(22)11-6-4-5-7-21(15(11)18(24)27-3)10-8-12(19)14(13(20)9-10)17(23)26-2/h4-9H,1-3H3. The van der Waals surface area contributed by atoms with Crippen molar-refractivity contribution >= 4 is 35.2 Å². The first-order chi connectivity index (χ1) is 12.8. The largest absolute Gasteiger partial charge is 0.465 e. The van der Waals surface area contributed by atoms with Gasteiger partial charge in [-0.15, -0.1) is 0 Å². The Balaban J connectivity index is 2.69. The summed E-state index contributed by atoms with van der Waals surface area (Å²) in [5.74, 6) is -3.56. The minimum atomic E-state index is -0.959. The molecule has 0 aromatic heterocycles. The van der Waals surface area contributed by atoms with Gasteiger partial charge in [-0.3, -0.25) is 0 Å². The van der Waals surface area contributed by atoms with Crippen LogP contribution < -0.4 is 4.90 Å².